The minimum atomic E-state index is -0.453. The molecule has 1 aromatic carbocycles. The average molecular weight is 366 g/mol. The van der Waals surface area contributed by atoms with Gasteiger partial charge in [0.25, 0.3) is 5.89 Å². The van der Waals surface area contributed by atoms with E-state index in [2.05, 4.69) is 16.7 Å². The van der Waals surface area contributed by atoms with Crippen molar-refractivity contribution in [1.29, 1.82) is 0 Å². The summed E-state index contributed by atoms with van der Waals surface area (Å²) in [6, 6.07) is 5.78. The SMILES string of the molecule is C=CCc1ccc(OCc2nc(C3(N)CCCC3)no2)c(OC)c1.Cl. The molecule has 3 rings (SSSR count). The average Bonchev–Trinajstić information content (AvgIpc) is 3.24. The van der Waals surface area contributed by atoms with Gasteiger partial charge in [-0.3, -0.25) is 0 Å². The van der Waals surface area contributed by atoms with Crippen molar-refractivity contribution in [2.75, 3.05) is 7.11 Å². The molecule has 25 heavy (non-hydrogen) atoms. The summed E-state index contributed by atoms with van der Waals surface area (Å²) in [6.07, 6.45) is 6.62. The quantitative estimate of drug-likeness (QED) is 0.755. The van der Waals surface area contributed by atoms with Crippen molar-refractivity contribution in [1.82, 2.24) is 10.1 Å². The fraction of sp³-hybridized carbons (Fsp3) is 0.444. The predicted octanol–water partition coefficient (Wildman–Crippen LogP) is 3.54. The topological polar surface area (TPSA) is 83.4 Å². The number of hydrogen-bond acceptors (Lipinski definition) is 6. The fourth-order valence-corrected chi connectivity index (χ4v) is 3.01. The number of methoxy groups -OCH3 is 1. The lowest BCUT2D eigenvalue weighted by Gasteiger charge is -2.17. The van der Waals surface area contributed by atoms with E-state index in [0.29, 0.717) is 23.2 Å². The molecule has 0 saturated heterocycles. The molecule has 0 atom stereocenters. The number of hydrogen-bond donors (Lipinski definition) is 1. The van der Waals surface area contributed by atoms with E-state index in [1.165, 1.54) is 0 Å². The number of benzene rings is 1. The van der Waals surface area contributed by atoms with Crippen LogP contribution in [0, 0.1) is 0 Å². The van der Waals surface area contributed by atoms with Crippen LogP contribution in [0.5, 0.6) is 11.5 Å². The molecule has 0 amide bonds. The first-order valence-corrected chi connectivity index (χ1v) is 8.17. The molecule has 1 aliphatic carbocycles. The maximum absolute atomic E-state index is 6.34. The molecule has 7 heteroatoms. The zero-order chi connectivity index (χ0) is 17.0. The normalized spacial score (nSPS) is 15.4. The van der Waals surface area contributed by atoms with E-state index < -0.39 is 5.54 Å². The van der Waals surface area contributed by atoms with Crippen LogP contribution in [0.1, 0.15) is 43.0 Å². The van der Waals surface area contributed by atoms with Crippen LogP contribution in [0.2, 0.25) is 0 Å². The highest BCUT2D eigenvalue weighted by Gasteiger charge is 2.35. The van der Waals surface area contributed by atoms with E-state index in [9.17, 15) is 0 Å². The van der Waals surface area contributed by atoms with E-state index in [0.717, 1.165) is 37.7 Å². The third-order valence-corrected chi connectivity index (χ3v) is 4.37. The molecule has 2 aromatic rings. The monoisotopic (exact) mass is 365 g/mol. The van der Waals surface area contributed by atoms with E-state index in [1.54, 1.807) is 7.11 Å². The molecule has 0 unspecified atom stereocenters. The summed E-state index contributed by atoms with van der Waals surface area (Å²) < 4.78 is 16.4. The van der Waals surface area contributed by atoms with Crippen LogP contribution in [0.4, 0.5) is 0 Å². The molecule has 136 valence electrons. The van der Waals surface area contributed by atoms with E-state index >= 15 is 0 Å². The van der Waals surface area contributed by atoms with Crippen LogP contribution in [-0.2, 0) is 18.6 Å². The number of aromatic nitrogens is 2. The van der Waals surface area contributed by atoms with Crippen molar-refractivity contribution in [2.45, 2.75) is 44.2 Å². The molecular formula is C18H24ClN3O3. The zero-order valence-corrected chi connectivity index (χ0v) is 15.2. The van der Waals surface area contributed by atoms with Crippen LogP contribution < -0.4 is 15.2 Å². The summed E-state index contributed by atoms with van der Waals surface area (Å²) >= 11 is 0. The molecule has 2 N–H and O–H groups in total. The Bertz CT molecular complexity index is 711. The lowest BCUT2D eigenvalue weighted by Crippen LogP contribution is -2.34. The van der Waals surface area contributed by atoms with Gasteiger partial charge in [0.2, 0.25) is 0 Å². The Morgan fingerprint density at radius 1 is 1.32 bits per heavy atom. The van der Waals surface area contributed by atoms with Crippen molar-refractivity contribution in [3.8, 4) is 11.5 Å². The maximum atomic E-state index is 6.34. The van der Waals surface area contributed by atoms with Crippen molar-refractivity contribution in [3.05, 3.63) is 48.1 Å². The molecule has 0 bridgehead atoms. The lowest BCUT2D eigenvalue weighted by molar-refractivity contribution is 0.232. The number of halogens is 1. The smallest absolute Gasteiger partial charge is 0.264 e. The number of nitrogens with two attached hydrogens (primary N) is 1. The zero-order valence-electron chi connectivity index (χ0n) is 14.4. The largest absolute Gasteiger partial charge is 0.493 e. The first kappa shape index (κ1) is 19.3. The molecule has 1 aromatic heterocycles. The van der Waals surface area contributed by atoms with Gasteiger partial charge in [0, 0.05) is 0 Å². The van der Waals surface area contributed by atoms with Crippen LogP contribution in [0.15, 0.2) is 35.4 Å². The van der Waals surface area contributed by atoms with Crippen molar-refractivity contribution >= 4 is 12.4 Å². The Morgan fingerprint density at radius 3 is 2.76 bits per heavy atom. The lowest BCUT2D eigenvalue weighted by atomic mass is 9.99. The number of ether oxygens (including phenoxy) is 2. The van der Waals surface area contributed by atoms with E-state index in [1.807, 2.05) is 24.3 Å². The third-order valence-electron chi connectivity index (χ3n) is 4.37. The second-order valence-corrected chi connectivity index (χ2v) is 6.14. The summed E-state index contributed by atoms with van der Waals surface area (Å²) in [5.74, 6) is 2.29. The van der Waals surface area contributed by atoms with Gasteiger partial charge in [0.05, 0.1) is 12.6 Å². The minimum absolute atomic E-state index is 0. The molecule has 0 radical (unpaired) electrons. The predicted molar refractivity (Wildman–Crippen MR) is 97.1 cm³/mol. The highest BCUT2D eigenvalue weighted by atomic mass is 35.5. The molecular weight excluding hydrogens is 342 g/mol. The second-order valence-electron chi connectivity index (χ2n) is 6.14. The molecule has 1 fully saturated rings. The second kappa shape index (κ2) is 8.36. The van der Waals surface area contributed by atoms with Crippen LogP contribution >= 0.6 is 12.4 Å². The maximum Gasteiger partial charge on any atom is 0.264 e. The van der Waals surface area contributed by atoms with Crippen molar-refractivity contribution < 1.29 is 14.0 Å². The molecule has 0 spiro atoms. The minimum Gasteiger partial charge on any atom is -0.493 e. The van der Waals surface area contributed by atoms with E-state index in [4.69, 9.17) is 19.7 Å². The van der Waals surface area contributed by atoms with Gasteiger partial charge < -0.3 is 19.7 Å². The van der Waals surface area contributed by atoms with Gasteiger partial charge in [-0.15, -0.1) is 19.0 Å². The Morgan fingerprint density at radius 2 is 2.08 bits per heavy atom. The van der Waals surface area contributed by atoms with Gasteiger partial charge in [0.15, 0.2) is 23.9 Å². The van der Waals surface area contributed by atoms with Gasteiger partial charge in [-0.05, 0) is 37.0 Å². The van der Waals surface area contributed by atoms with Crippen LogP contribution in [-0.4, -0.2) is 17.3 Å². The molecule has 1 aliphatic rings. The van der Waals surface area contributed by atoms with Crippen LogP contribution in [0.25, 0.3) is 0 Å². The number of nitrogens with zero attached hydrogens (tertiary/aromatic N) is 2. The Hall–Kier alpha value is -2.05. The molecule has 6 nitrogen and oxygen atoms in total. The highest BCUT2D eigenvalue weighted by Crippen LogP contribution is 2.34. The first-order chi connectivity index (χ1) is 11.6. The molecule has 0 aliphatic heterocycles. The highest BCUT2D eigenvalue weighted by molar-refractivity contribution is 5.85. The van der Waals surface area contributed by atoms with Gasteiger partial charge in [0.1, 0.15) is 0 Å². The first-order valence-electron chi connectivity index (χ1n) is 8.17. The van der Waals surface area contributed by atoms with Gasteiger partial charge in [-0.1, -0.05) is 30.1 Å². The third kappa shape index (κ3) is 4.32. The van der Waals surface area contributed by atoms with Gasteiger partial charge in [-0.25, -0.2) is 0 Å². The Kier molecular flexibility index (Phi) is 6.45. The molecule has 1 heterocycles. The van der Waals surface area contributed by atoms with Crippen molar-refractivity contribution in [3.63, 3.8) is 0 Å². The molecule has 1 saturated carbocycles. The number of rotatable bonds is 7. The summed E-state index contributed by atoms with van der Waals surface area (Å²) in [6.45, 7) is 3.92. The summed E-state index contributed by atoms with van der Waals surface area (Å²) in [5.41, 5.74) is 7.00. The van der Waals surface area contributed by atoms with Gasteiger partial charge in [-0.2, -0.15) is 4.98 Å². The van der Waals surface area contributed by atoms with Crippen LogP contribution in [0.3, 0.4) is 0 Å². The summed E-state index contributed by atoms with van der Waals surface area (Å²) in [7, 11) is 1.61. The standard InChI is InChI=1S/C18H23N3O3.ClH/c1-3-6-13-7-8-14(15(11-13)22-2)23-12-16-20-17(21-24-16)18(19)9-4-5-10-18;/h3,7-8,11H,1,4-6,9-10,12,19H2,2H3;1H. The Labute approximate surface area is 153 Å². The summed E-state index contributed by atoms with van der Waals surface area (Å²) in [4.78, 5) is 4.40. The fourth-order valence-electron chi connectivity index (χ4n) is 3.01. The van der Waals surface area contributed by atoms with Crippen molar-refractivity contribution in [2.24, 2.45) is 5.73 Å². The van der Waals surface area contributed by atoms with Gasteiger partial charge >= 0.3 is 0 Å². The number of allylic oxidation sites excluding steroid dienone is 1. The summed E-state index contributed by atoms with van der Waals surface area (Å²) in [5, 5.41) is 4.03. The van der Waals surface area contributed by atoms with E-state index in [-0.39, 0.29) is 19.0 Å². The Balaban J connectivity index is 0.00000225.